The molecule has 1 aromatic rings. The molecular weight excluding hydrogens is 378 g/mol. The van der Waals surface area contributed by atoms with Crippen molar-refractivity contribution in [3.05, 3.63) is 29.8 Å². The molecule has 4 saturated carbocycles. The molecule has 0 aromatic heterocycles. The van der Waals surface area contributed by atoms with Crippen LogP contribution in [0, 0.1) is 17.3 Å². The van der Waals surface area contributed by atoms with Crippen molar-refractivity contribution in [3.8, 4) is 0 Å². The first-order chi connectivity index (χ1) is 14.4. The Bertz CT molecular complexity index is 819. The smallest absolute Gasteiger partial charge is 0.321 e. The number of benzene rings is 1. The summed E-state index contributed by atoms with van der Waals surface area (Å²) in [5, 5.41) is 16.9. The molecule has 0 spiro atoms. The summed E-state index contributed by atoms with van der Waals surface area (Å²) >= 11 is 0. The Morgan fingerprint density at radius 2 is 1.83 bits per heavy atom. The molecule has 30 heavy (non-hydrogen) atoms. The van der Waals surface area contributed by atoms with Crippen LogP contribution < -0.4 is 10.6 Å². The molecule has 3 N–H and O–H groups in total. The van der Waals surface area contributed by atoms with Crippen molar-refractivity contribution >= 4 is 17.6 Å². The number of carbonyl (C=O) groups is 2. The lowest BCUT2D eigenvalue weighted by atomic mass is 9.47. The molecule has 4 bridgehead atoms. The van der Waals surface area contributed by atoms with Crippen molar-refractivity contribution < 1.29 is 14.7 Å². The lowest BCUT2D eigenvalue weighted by Gasteiger charge is -2.60. The highest BCUT2D eigenvalue weighted by Crippen LogP contribution is 2.62. The molecule has 0 radical (unpaired) electrons. The first-order valence-electron chi connectivity index (χ1n) is 11.5. The van der Waals surface area contributed by atoms with E-state index in [0.29, 0.717) is 24.8 Å². The van der Waals surface area contributed by atoms with Gasteiger partial charge < -0.3 is 20.6 Å². The summed E-state index contributed by atoms with van der Waals surface area (Å²) in [7, 11) is 0. The van der Waals surface area contributed by atoms with E-state index in [-0.39, 0.29) is 17.4 Å². The van der Waals surface area contributed by atoms with Gasteiger partial charge in [-0.15, -0.1) is 0 Å². The van der Waals surface area contributed by atoms with Crippen LogP contribution >= 0.6 is 0 Å². The number of urea groups is 1. The zero-order chi connectivity index (χ0) is 20.8. The normalized spacial score (nSPS) is 34.2. The van der Waals surface area contributed by atoms with Gasteiger partial charge in [0.25, 0.3) is 0 Å². The largest absolute Gasteiger partial charge is 0.390 e. The summed E-state index contributed by atoms with van der Waals surface area (Å²) in [6.45, 7) is 2.10. The number of amides is 3. The highest BCUT2D eigenvalue weighted by atomic mass is 16.3. The number of rotatable bonds is 5. The van der Waals surface area contributed by atoms with Crippen molar-refractivity contribution in [2.45, 2.75) is 69.9 Å². The maximum Gasteiger partial charge on any atom is 0.321 e. The Kier molecular flexibility index (Phi) is 5.00. The number of carbonyl (C=O) groups excluding carboxylic acids is 2. The quantitative estimate of drug-likeness (QED) is 0.692. The monoisotopic (exact) mass is 411 g/mol. The first-order valence-corrected chi connectivity index (χ1v) is 11.5. The van der Waals surface area contributed by atoms with Crippen molar-refractivity contribution in [3.63, 3.8) is 0 Å². The first kappa shape index (κ1) is 19.9. The molecule has 1 aliphatic heterocycles. The second-order valence-corrected chi connectivity index (χ2v) is 10.5. The minimum atomic E-state index is -0.522. The molecule has 5 aliphatic rings. The van der Waals surface area contributed by atoms with E-state index in [4.69, 9.17) is 0 Å². The van der Waals surface area contributed by atoms with Gasteiger partial charge in [-0.1, -0.05) is 12.1 Å². The third kappa shape index (κ3) is 4.07. The highest BCUT2D eigenvalue weighted by Gasteiger charge is 2.57. The van der Waals surface area contributed by atoms with Gasteiger partial charge in [-0.3, -0.25) is 4.79 Å². The topological polar surface area (TPSA) is 81.7 Å². The lowest BCUT2D eigenvalue weighted by molar-refractivity contribution is -0.169. The predicted octanol–water partition coefficient (Wildman–Crippen LogP) is 3.65. The van der Waals surface area contributed by atoms with Crippen LogP contribution in [0.2, 0.25) is 0 Å². The maximum absolute atomic E-state index is 12.8. The fraction of sp³-hybridized carbons (Fsp3) is 0.667. The molecule has 1 saturated heterocycles. The Balaban J connectivity index is 1.16. The van der Waals surface area contributed by atoms with Gasteiger partial charge in [0.05, 0.1) is 5.60 Å². The van der Waals surface area contributed by atoms with Crippen LogP contribution in [-0.2, 0) is 11.3 Å². The Hall–Kier alpha value is -2.08. The molecule has 3 amide bonds. The average molecular weight is 412 g/mol. The molecule has 162 valence electrons. The van der Waals surface area contributed by atoms with Crippen LogP contribution in [0.15, 0.2) is 24.3 Å². The summed E-state index contributed by atoms with van der Waals surface area (Å²) in [4.78, 5) is 26.9. The number of aliphatic hydroxyl groups is 1. The summed E-state index contributed by atoms with van der Waals surface area (Å²) in [5.74, 6) is 1.27. The fourth-order valence-electron chi connectivity index (χ4n) is 7.09. The van der Waals surface area contributed by atoms with E-state index in [2.05, 4.69) is 10.6 Å². The SMILES string of the molecule is O=C(CC12CC3CC(CC(O)(C3)C1)C2)NCc1cccc(NC(=O)N2CCCC2)c1. The molecule has 4 aliphatic carbocycles. The Labute approximate surface area is 178 Å². The molecule has 2 unspecified atom stereocenters. The van der Waals surface area contributed by atoms with E-state index in [1.807, 2.05) is 29.2 Å². The van der Waals surface area contributed by atoms with Crippen LogP contribution in [-0.4, -0.2) is 40.6 Å². The molecule has 5 fully saturated rings. The van der Waals surface area contributed by atoms with E-state index >= 15 is 0 Å². The second kappa shape index (κ2) is 7.56. The average Bonchev–Trinajstić information content (AvgIpc) is 3.19. The van der Waals surface area contributed by atoms with Crippen LogP contribution in [0.4, 0.5) is 10.5 Å². The summed E-state index contributed by atoms with van der Waals surface area (Å²) in [5.41, 5.74) is 1.22. The number of hydrogen-bond acceptors (Lipinski definition) is 3. The molecule has 6 heteroatoms. The molecular formula is C24H33N3O3. The van der Waals surface area contributed by atoms with Crippen molar-refractivity contribution in [2.75, 3.05) is 18.4 Å². The predicted molar refractivity (Wildman–Crippen MR) is 115 cm³/mol. The summed E-state index contributed by atoms with van der Waals surface area (Å²) in [6.07, 6.45) is 8.74. The number of hydrogen-bond donors (Lipinski definition) is 3. The standard InChI is InChI=1S/C24H33N3O3/c28-21(14-23-10-18-8-19(11-23)13-24(30,12-18)16-23)25-15-17-4-3-5-20(9-17)26-22(29)27-6-1-2-7-27/h3-5,9,18-19,30H,1-2,6-8,10-16H2,(H,25,28)(H,26,29). The van der Waals surface area contributed by atoms with Gasteiger partial charge >= 0.3 is 6.03 Å². The fourth-order valence-corrected chi connectivity index (χ4v) is 7.09. The molecule has 6 nitrogen and oxygen atoms in total. The molecule has 1 heterocycles. The minimum absolute atomic E-state index is 0.00549. The third-order valence-electron chi connectivity index (χ3n) is 7.75. The van der Waals surface area contributed by atoms with Gasteiger partial charge in [-0.05, 0) is 86.3 Å². The van der Waals surface area contributed by atoms with Gasteiger partial charge in [0.2, 0.25) is 5.91 Å². The van der Waals surface area contributed by atoms with Gasteiger partial charge in [-0.25, -0.2) is 4.79 Å². The lowest BCUT2D eigenvalue weighted by Crippen LogP contribution is -2.56. The second-order valence-electron chi connectivity index (χ2n) is 10.5. The number of nitrogens with zero attached hydrogens (tertiary/aromatic N) is 1. The van der Waals surface area contributed by atoms with Crippen LogP contribution in [0.5, 0.6) is 0 Å². The van der Waals surface area contributed by atoms with E-state index < -0.39 is 5.60 Å². The number of anilines is 1. The number of likely N-dealkylation sites (tertiary alicyclic amines) is 1. The summed E-state index contributed by atoms with van der Waals surface area (Å²) < 4.78 is 0. The zero-order valence-corrected chi connectivity index (χ0v) is 17.7. The van der Waals surface area contributed by atoms with Crippen molar-refractivity contribution in [1.82, 2.24) is 10.2 Å². The number of nitrogens with one attached hydrogen (secondary N) is 2. The van der Waals surface area contributed by atoms with Crippen LogP contribution in [0.25, 0.3) is 0 Å². The van der Waals surface area contributed by atoms with E-state index in [1.54, 1.807) is 0 Å². The maximum atomic E-state index is 12.8. The van der Waals surface area contributed by atoms with Gasteiger partial charge in [0.15, 0.2) is 0 Å². The van der Waals surface area contributed by atoms with E-state index in [1.165, 1.54) is 6.42 Å². The van der Waals surface area contributed by atoms with Gasteiger partial charge in [0, 0.05) is 31.7 Å². The van der Waals surface area contributed by atoms with Gasteiger partial charge in [0.1, 0.15) is 0 Å². The molecule has 2 atom stereocenters. The molecule has 6 rings (SSSR count). The zero-order valence-electron chi connectivity index (χ0n) is 17.7. The Morgan fingerprint density at radius 3 is 2.53 bits per heavy atom. The highest BCUT2D eigenvalue weighted by molar-refractivity contribution is 5.89. The minimum Gasteiger partial charge on any atom is -0.390 e. The third-order valence-corrected chi connectivity index (χ3v) is 7.75. The Morgan fingerprint density at radius 1 is 1.10 bits per heavy atom. The van der Waals surface area contributed by atoms with Crippen molar-refractivity contribution in [1.29, 1.82) is 0 Å². The van der Waals surface area contributed by atoms with Crippen molar-refractivity contribution in [2.24, 2.45) is 17.3 Å². The van der Waals surface area contributed by atoms with Crippen LogP contribution in [0.1, 0.15) is 63.4 Å². The molecule has 1 aromatic carbocycles. The summed E-state index contributed by atoms with van der Waals surface area (Å²) in [6, 6.07) is 7.65. The van der Waals surface area contributed by atoms with E-state index in [9.17, 15) is 14.7 Å². The van der Waals surface area contributed by atoms with Crippen LogP contribution in [0.3, 0.4) is 0 Å². The van der Waals surface area contributed by atoms with Gasteiger partial charge in [-0.2, -0.15) is 0 Å². The van der Waals surface area contributed by atoms with E-state index in [0.717, 1.165) is 69.3 Å².